The smallest absolute Gasteiger partial charge is 0.244 e. The Morgan fingerprint density at radius 2 is 1.88 bits per heavy atom. The molecular weight excluding hydrogens is 486 g/mol. The van der Waals surface area contributed by atoms with Crippen LogP contribution in [-0.2, 0) is 24.3 Å². The lowest BCUT2D eigenvalue weighted by Crippen LogP contribution is -2.42. The fourth-order valence-electron chi connectivity index (χ4n) is 3.64. The van der Waals surface area contributed by atoms with Crippen molar-refractivity contribution in [2.75, 3.05) is 48.8 Å². The fourth-order valence-corrected chi connectivity index (χ4v) is 6.25. The normalized spacial score (nSPS) is 19.6. The molecule has 11 heteroatoms. The molecule has 8 nitrogen and oxygen atoms in total. The van der Waals surface area contributed by atoms with Gasteiger partial charge in [0.1, 0.15) is 6.54 Å². The monoisotopic (exact) mass is 509 g/mol. The van der Waals surface area contributed by atoms with Gasteiger partial charge in [-0.1, -0.05) is 18.5 Å². The summed E-state index contributed by atoms with van der Waals surface area (Å²) in [6.45, 7) is 2.80. The number of carbonyl (C=O) groups is 2. The third kappa shape index (κ3) is 5.36. The molecule has 4 rings (SSSR count). The highest BCUT2D eigenvalue weighted by Gasteiger charge is 2.32. The molecule has 2 heterocycles. The Hall–Kier alpha value is -2.11. The number of sulfonamides is 1. The highest BCUT2D eigenvalue weighted by molar-refractivity contribution is 7.99. The fraction of sp³-hybridized carbons (Fsp3) is 0.364. The summed E-state index contributed by atoms with van der Waals surface area (Å²) < 4.78 is 33.0. The molecule has 2 aliphatic rings. The number of rotatable bonds is 5. The van der Waals surface area contributed by atoms with Crippen molar-refractivity contribution < 1.29 is 22.7 Å². The molecule has 2 aromatic carbocycles. The van der Waals surface area contributed by atoms with Gasteiger partial charge in [-0.3, -0.25) is 9.59 Å². The third-order valence-corrected chi connectivity index (χ3v) is 8.90. The van der Waals surface area contributed by atoms with Crippen molar-refractivity contribution in [1.29, 1.82) is 0 Å². The molecule has 0 radical (unpaired) electrons. The van der Waals surface area contributed by atoms with Crippen molar-refractivity contribution in [2.45, 2.75) is 16.7 Å². The number of fused-ring (bicyclic) bond motifs is 1. The minimum absolute atomic E-state index is 0.0919. The van der Waals surface area contributed by atoms with Crippen LogP contribution < -0.4 is 10.2 Å². The Morgan fingerprint density at radius 3 is 2.58 bits per heavy atom. The maximum absolute atomic E-state index is 13.2. The average Bonchev–Trinajstić information content (AvgIpc) is 2.93. The van der Waals surface area contributed by atoms with E-state index in [4.69, 9.17) is 16.3 Å². The largest absolute Gasteiger partial charge is 0.379 e. The summed E-state index contributed by atoms with van der Waals surface area (Å²) >= 11 is 7.37. The van der Waals surface area contributed by atoms with Crippen LogP contribution in [0.25, 0.3) is 0 Å². The van der Waals surface area contributed by atoms with Crippen molar-refractivity contribution >= 4 is 56.6 Å². The number of hydrogen-bond acceptors (Lipinski definition) is 6. The van der Waals surface area contributed by atoms with Gasteiger partial charge in [-0.2, -0.15) is 4.31 Å². The second-order valence-corrected chi connectivity index (χ2v) is 11.3. The molecule has 0 aliphatic carbocycles. The van der Waals surface area contributed by atoms with Gasteiger partial charge in [-0.05, 0) is 42.5 Å². The molecule has 1 N–H and O–H groups in total. The van der Waals surface area contributed by atoms with Crippen LogP contribution in [0, 0.1) is 5.92 Å². The van der Waals surface area contributed by atoms with Crippen molar-refractivity contribution in [2.24, 2.45) is 5.92 Å². The van der Waals surface area contributed by atoms with Gasteiger partial charge in [-0.25, -0.2) is 8.42 Å². The number of carbonyl (C=O) groups excluding carboxylic acids is 2. The van der Waals surface area contributed by atoms with Gasteiger partial charge < -0.3 is 15.0 Å². The molecule has 33 heavy (non-hydrogen) atoms. The van der Waals surface area contributed by atoms with Crippen LogP contribution in [0.4, 0.5) is 11.4 Å². The predicted molar refractivity (Wildman–Crippen MR) is 128 cm³/mol. The van der Waals surface area contributed by atoms with Crippen LogP contribution in [0.1, 0.15) is 6.92 Å². The number of thioether (sulfide) groups is 1. The third-order valence-electron chi connectivity index (χ3n) is 5.44. The summed E-state index contributed by atoms with van der Waals surface area (Å²) in [6.07, 6.45) is 0. The number of halogens is 1. The van der Waals surface area contributed by atoms with E-state index in [0.717, 1.165) is 4.90 Å². The van der Waals surface area contributed by atoms with Crippen LogP contribution >= 0.6 is 23.4 Å². The number of anilines is 2. The topological polar surface area (TPSA) is 96.0 Å². The minimum atomic E-state index is -3.75. The first-order valence-electron chi connectivity index (χ1n) is 10.5. The van der Waals surface area contributed by atoms with Crippen LogP contribution in [0.15, 0.2) is 52.3 Å². The predicted octanol–water partition coefficient (Wildman–Crippen LogP) is 3.07. The van der Waals surface area contributed by atoms with Gasteiger partial charge in [0.05, 0.1) is 23.8 Å². The molecule has 0 unspecified atom stereocenters. The van der Waals surface area contributed by atoms with Crippen molar-refractivity contribution in [3.05, 3.63) is 47.5 Å². The standard InChI is InChI=1S/C22H24ClN3O5S2/c1-15-14-32-20-7-6-18(33(29,30)25-8-10-31-11-9-25)12-19(20)26(22(15)28)13-21(27)24-17-4-2-16(23)3-5-17/h2-7,12,15H,8-11,13-14H2,1H3,(H,24,27)/t15-/m1/s1. The van der Waals surface area contributed by atoms with Gasteiger partial charge in [0.2, 0.25) is 21.8 Å². The van der Waals surface area contributed by atoms with E-state index in [0.29, 0.717) is 35.4 Å². The van der Waals surface area contributed by atoms with Gasteiger partial charge in [-0.15, -0.1) is 11.8 Å². The van der Waals surface area contributed by atoms with E-state index in [2.05, 4.69) is 5.32 Å². The van der Waals surface area contributed by atoms with Crippen LogP contribution in [0.3, 0.4) is 0 Å². The molecule has 0 bridgehead atoms. The molecular formula is C22H24ClN3O5S2. The SMILES string of the molecule is C[C@@H]1CSc2ccc(S(=O)(=O)N3CCOCC3)cc2N(CC(=O)Nc2ccc(Cl)cc2)C1=O. The Balaban J connectivity index is 1.64. The van der Waals surface area contributed by atoms with Crippen molar-refractivity contribution in [3.8, 4) is 0 Å². The quantitative estimate of drug-likeness (QED) is 0.665. The minimum Gasteiger partial charge on any atom is -0.379 e. The Kier molecular flexibility index (Phi) is 7.30. The maximum Gasteiger partial charge on any atom is 0.244 e. The average molecular weight is 510 g/mol. The van der Waals surface area contributed by atoms with Gasteiger partial charge in [0, 0.05) is 40.4 Å². The highest BCUT2D eigenvalue weighted by atomic mass is 35.5. The molecule has 1 atom stereocenters. The first-order valence-corrected chi connectivity index (χ1v) is 13.3. The maximum atomic E-state index is 13.2. The van der Waals surface area contributed by atoms with E-state index in [-0.39, 0.29) is 36.4 Å². The molecule has 0 aromatic heterocycles. The van der Waals surface area contributed by atoms with E-state index < -0.39 is 15.9 Å². The van der Waals surface area contributed by atoms with E-state index in [1.807, 2.05) is 0 Å². The van der Waals surface area contributed by atoms with Crippen LogP contribution in [0.5, 0.6) is 0 Å². The van der Waals surface area contributed by atoms with E-state index >= 15 is 0 Å². The number of hydrogen-bond donors (Lipinski definition) is 1. The molecule has 0 saturated carbocycles. The summed E-state index contributed by atoms with van der Waals surface area (Å²) in [4.78, 5) is 28.2. The lowest BCUT2D eigenvalue weighted by molar-refractivity contribution is -0.123. The second-order valence-electron chi connectivity index (χ2n) is 7.84. The number of amides is 2. The Bertz CT molecular complexity index is 1150. The Labute approximate surface area is 202 Å². The Morgan fingerprint density at radius 1 is 1.18 bits per heavy atom. The van der Waals surface area contributed by atoms with Crippen molar-refractivity contribution in [1.82, 2.24) is 4.31 Å². The van der Waals surface area contributed by atoms with E-state index in [1.54, 1.807) is 43.3 Å². The van der Waals surface area contributed by atoms with Gasteiger partial charge >= 0.3 is 0 Å². The molecule has 1 saturated heterocycles. The summed E-state index contributed by atoms with van der Waals surface area (Å²) in [7, 11) is -3.75. The zero-order chi connectivity index (χ0) is 23.6. The summed E-state index contributed by atoms with van der Waals surface area (Å²) in [6, 6.07) is 11.4. The zero-order valence-corrected chi connectivity index (χ0v) is 20.4. The first-order chi connectivity index (χ1) is 15.8. The van der Waals surface area contributed by atoms with E-state index in [9.17, 15) is 18.0 Å². The number of ether oxygens (including phenoxy) is 1. The van der Waals surface area contributed by atoms with Crippen molar-refractivity contribution in [3.63, 3.8) is 0 Å². The first kappa shape index (κ1) is 24.0. The molecule has 0 spiro atoms. The second kappa shape index (κ2) is 10.0. The number of morpholine rings is 1. The van der Waals surface area contributed by atoms with Crippen LogP contribution in [0.2, 0.25) is 5.02 Å². The van der Waals surface area contributed by atoms with Crippen LogP contribution in [-0.4, -0.2) is 63.1 Å². The zero-order valence-electron chi connectivity index (χ0n) is 18.0. The number of benzene rings is 2. The number of nitrogens with zero attached hydrogens (tertiary/aromatic N) is 2. The summed E-state index contributed by atoms with van der Waals surface area (Å²) in [5, 5.41) is 3.31. The molecule has 2 amide bonds. The lowest BCUT2D eigenvalue weighted by Gasteiger charge is -2.27. The lowest BCUT2D eigenvalue weighted by atomic mass is 10.1. The summed E-state index contributed by atoms with van der Waals surface area (Å²) in [5.74, 6) is -0.410. The van der Waals surface area contributed by atoms with E-state index in [1.165, 1.54) is 27.0 Å². The van der Waals surface area contributed by atoms with Gasteiger partial charge in [0.25, 0.3) is 0 Å². The van der Waals surface area contributed by atoms with Gasteiger partial charge in [0.15, 0.2) is 0 Å². The molecule has 2 aliphatic heterocycles. The molecule has 176 valence electrons. The molecule has 2 aromatic rings. The molecule has 1 fully saturated rings. The highest BCUT2D eigenvalue weighted by Crippen LogP contribution is 2.38. The number of nitrogens with one attached hydrogen (secondary N) is 1. The summed E-state index contributed by atoms with van der Waals surface area (Å²) in [5.41, 5.74) is 0.980.